The summed E-state index contributed by atoms with van der Waals surface area (Å²) in [5, 5.41) is 3.77. The maximum absolute atomic E-state index is 13.2. The molecule has 0 aliphatic heterocycles. The fourth-order valence-corrected chi connectivity index (χ4v) is 4.87. The third-order valence-corrected chi connectivity index (χ3v) is 7.19. The third kappa shape index (κ3) is 8.82. The van der Waals surface area contributed by atoms with E-state index in [9.17, 15) is 14.4 Å². The van der Waals surface area contributed by atoms with Crippen LogP contribution in [0.1, 0.15) is 34.3 Å². The number of esters is 1. The van der Waals surface area contributed by atoms with E-state index in [4.69, 9.17) is 21.1 Å². The number of benzene rings is 4. The van der Waals surface area contributed by atoms with Crippen LogP contribution in [-0.4, -0.2) is 44.0 Å². The fourth-order valence-electron chi connectivity index (χ4n) is 4.69. The SMILES string of the molecule is C=CCCC(=O)N(CCOc1ccc(C[C@H](Nc2ccccc2C(=O)c2ccccc2)C(=O)OC)cc1)c1cccc(Cl)c1. The molecule has 0 saturated heterocycles. The van der Waals surface area contributed by atoms with E-state index in [0.29, 0.717) is 59.1 Å². The second-order valence-electron chi connectivity index (χ2n) is 10.0. The van der Waals surface area contributed by atoms with Gasteiger partial charge >= 0.3 is 5.97 Å². The number of anilines is 2. The first-order chi connectivity index (χ1) is 21.4. The second-order valence-corrected chi connectivity index (χ2v) is 10.4. The Hall–Kier alpha value is -4.88. The monoisotopic (exact) mass is 610 g/mol. The zero-order chi connectivity index (χ0) is 31.3. The van der Waals surface area contributed by atoms with Gasteiger partial charge in [-0.3, -0.25) is 9.59 Å². The van der Waals surface area contributed by atoms with Gasteiger partial charge in [0.2, 0.25) is 5.91 Å². The van der Waals surface area contributed by atoms with Gasteiger partial charge in [0, 0.05) is 40.4 Å². The summed E-state index contributed by atoms with van der Waals surface area (Å²) < 4.78 is 11.0. The maximum atomic E-state index is 13.2. The van der Waals surface area contributed by atoms with Crippen LogP contribution in [0.15, 0.2) is 116 Å². The molecule has 1 amide bonds. The van der Waals surface area contributed by atoms with Crippen molar-refractivity contribution in [3.8, 4) is 5.75 Å². The molecule has 0 aliphatic rings. The first-order valence-electron chi connectivity index (χ1n) is 14.3. The number of halogens is 1. The standard InChI is InChI=1S/C36H35ClN2O5/c1-3-4-17-34(40)39(29-14-10-13-28(37)25-29)22-23-44-30-20-18-26(19-21-30)24-33(36(42)43-2)38-32-16-9-8-15-31(32)35(41)27-11-6-5-7-12-27/h3,5-16,18-21,25,33,38H,1,4,17,22-24H2,2H3/t33-/m0/s1. The summed E-state index contributed by atoms with van der Waals surface area (Å²) in [4.78, 5) is 40.5. The molecule has 8 heteroatoms. The molecule has 0 bridgehead atoms. The van der Waals surface area contributed by atoms with Crippen LogP contribution in [0.25, 0.3) is 0 Å². The largest absolute Gasteiger partial charge is 0.492 e. The predicted molar refractivity (Wildman–Crippen MR) is 175 cm³/mol. The van der Waals surface area contributed by atoms with Gasteiger partial charge in [-0.2, -0.15) is 0 Å². The molecule has 0 radical (unpaired) electrons. The van der Waals surface area contributed by atoms with Crippen LogP contribution in [0.3, 0.4) is 0 Å². The summed E-state index contributed by atoms with van der Waals surface area (Å²) in [6, 6.07) is 29.9. The number of ether oxygens (including phenoxy) is 2. The average Bonchev–Trinajstić information content (AvgIpc) is 3.06. The van der Waals surface area contributed by atoms with Crippen LogP contribution in [-0.2, 0) is 20.7 Å². The number of nitrogens with one attached hydrogen (secondary N) is 1. The number of rotatable bonds is 15. The molecule has 1 atom stereocenters. The van der Waals surface area contributed by atoms with Gasteiger partial charge in [-0.15, -0.1) is 6.58 Å². The average molecular weight is 611 g/mol. The Balaban J connectivity index is 1.41. The summed E-state index contributed by atoms with van der Waals surface area (Å²) >= 11 is 6.17. The van der Waals surface area contributed by atoms with E-state index in [2.05, 4.69) is 11.9 Å². The summed E-state index contributed by atoms with van der Waals surface area (Å²) in [6.45, 7) is 4.31. The van der Waals surface area contributed by atoms with Crippen molar-refractivity contribution in [1.29, 1.82) is 0 Å². The first kappa shape index (κ1) is 32.0. The number of nitrogens with zero attached hydrogens (tertiary/aromatic N) is 1. The van der Waals surface area contributed by atoms with Crippen molar-refractivity contribution in [3.63, 3.8) is 0 Å². The molecule has 0 heterocycles. The van der Waals surface area contributed by atoms with E-state index < -0.39 is 12.0 Å². The van der Waals surface area contributed by atoms with E-state index in [0.717, 1.165) is 5.56 Å². The minimum atomic E-state index is -0.732. The van der Waals surface area contributed by atoms with Crippen LogP contribution < -0.4 is 15.0 Å². The molecule has 0 spiro atoms. The number of amides is 1. The van der Waals surface area contributed by atoms with Crippen LogP contribution in [0.2, 0.25) is 5.02 Å². The van der Waals surface area contributed by atoms with Crippen molar-refractivity contribution < 1.29 is 23.9 Å². The molecule has 4 rings (SSSR count). The molecule has 0 aromatic heterocycles. The number of hydrogen-bond acceptors (Lipinski definition) is 6. The lowest BCUT2D eigenvalue weighted by molar-refractivity contribution is -0.141. The summed E-state index contributed by atoms with van der Waals surface area (Å²) in [6.07, 6.45) is 2.95. The molecule has 0 saturated carbocycles. The van der Waals surface area contributed by atoms with Crippen molar-refractivity contribution in [2.75, 3.05) is 30.5 Å². The fraction of sp³-hybridized carbons (Fsp3) is 0.194. The minimum Gasteiger partial charge on any atom is -0.492 e. The van der Waals surface area contributed by atoms with Crippen LogP contribution >= 0.6 is 11.6 Å². The van der Waals surface area contributed by atoms with Gasteiger partial charge in [0.15, 0.2) is 5.78 Å². The lowest BCUT2D eigenvalue weighted by Crippen LogP contribution is -2.34. The lowest BCUT2D eigenvalue weighted by atomic mass is 10.00. The van der Waals surface area contributed by atoms with E-state index in [1.165, 1.54) is 7.11 Å². The molecule has 0 aliphatic carbocycles. The summed E-state index contributed by atoms with van der Waals surface area (Å²) in [5.74, 6) is -0.0103. The zero-order valence-corrected chi connectivity index (χ0v) is 25.3. The molecule has 226 valence electrons. The van der Waals surface area contributed by atoms with Gasteiger partial charge in [-0.05, 0) is 54.4 Å². The van der Waals surface area contributed by atoms with Crippen molar-refractivity contribution in [1.82, 2.24) is 0 Å². The number of carbonyl (C=O) groups is 3. The molecule has 4 aromatic rings. The highest BCUT2D eigenvalue weighted by Gasteiger charge is 2.23. The van der Waals surface area contributed by atoms with Gasteiger partial charge in [0.25, 0.3) is 0 Å². The van der Waals surface area contributed by atoms with E-state index in [1.54, 1.807) is 59.5 Å². The quantitative estimate of drug-likeness (QED) is 0.0874. The molecular weight excluding hydrogens is 576 g/mol. The molecule has 0 fully saturated rings. The Labute approximate surface area is 263 Å². The van der Waals surface area contributed by atoms with Crippen LogP contribution in [0.5, 0.6) is 5.75 Å². The Morgan fingerprint density at radius 3 is 2.36 bits per heavy atom. The van der Waals surface area contributed by atoms with E-state index in [-0.39, 0.29) is 18.3 Å². The number of ketones is 1. The number of methoxy groups -OCH3 is 1. The molecule has 0 unspecified atom stereocenters. The number of carbonyl (C=O) groups excluding carboxylic acids is 3. The molecule has 44 heavy (non-hydrogen) atoms. The van der Waals surface area contributed by atoms with Gasteiger partial charge in [-0.25, -0.2) is 4.79 Å². The maximum Gasteiger partial charge on any atom is 0.328 e. The first-order valence-corrected chi connectivity index (χ1v) is 14.7. The zero-order valence-electron chi connectivity index (χ0n) is 24.6. The predicted octanol–water partition coefficient (Wildman–Crippen LogP) is 7.15. The highest BCUT2D eigenvalue weighted by molar-refractivity contribution is 6.30. The van der Waals surface area contributed by atoms with Gasteiger partial charge in [-0.1, -0.05) is 78.3 Å². The van der Waals surface area contributed by atoms with Crippen molar-refractivity contribution in [2.45, 2.75) is 25.3 Å². The normalized spacial score (nSPS) is 11.2. The van der Waals surface area contributed by atoms with E-state index in [1.807, 2.05) is 54.6 Å². The van der Waals surface area contributed by atoms with Crippen molar-refractivity contribution in [2.24, 2.45) is 0 Å². The molecule has 1 N–H and O–H groups in total. The Bertz CT molecular complexity index is 1570. The van der Waals surface area contributed by atoms with E-state index >= 15 is 0 Å². The van der Waals surface area contributed by atoms with Crippen LogP contribution in [0.4, 0.5) is 11.4 Å². The number of hydrogen-bond donors (Lipinski definition) is 1. The third-order valence-electron chi connectivity index (χ3n) is 6.95. The highest BCUT2D eigenvalue weighted by atomic mass is 35.5. The topological polar surface area (TPSA) is 84.9 Å². The Morgan fingerprint density at radius 1 is 0.932 bits per heavy atom. The van der Waals surface area contributed by atoms with Gasteiger partial charge < -0.3 is 19.7 Å². The highest BCUT2D eigenvalue weighted by Crippen LogP contribution is 2.23. The summed E-state index contributed by atoms with van der Waals surface area (Å²) in [7, 11) is 1.34. The molecule has 7 nitrogen and oxygen atoms in total. The Morgan fingerprint density at radius 2 is 1.66 bits per heavy atom. The molecule has 4 aromatic carbocycles. The Kier molecular flexibility index (Phi) is 11.7. The minimum absolute atomic E-state index is 0.0421. The second kappa shape index (κ2) is 16.1. The molecular formula is C36H35ClN2O5. The van der Waals surface area contributed by atoms with Gasteiger partial charge in [0.1, 0.15) is 18.4 Å². The number of allylic oxidation sites excluding steroid dienone is 1. The lowest BCUT2D eigenvalue weighted by Gasteiger charge is -2.23. The smallest absolute Gasteiger partial charge is 0.328 e. The summed E-state index contributed by atoms with van der Waals surface area (Å²) in [5.41, 5.74) is 3.14. The van der Waals surface area contributed by atoms with Crippen LogP contribution in [0, 0.1) is 0 Å². The van der Waals surface area contributed by atoms with Crippen molar-refractivity contribution >= 4 is 40.6 Å². The van der Waals surface area contributed by atoms with Gasteiger partial charge in [0.05, 0.1) is 13.7 Å². The van der Waals surface area contributed by atoms with Crippen molar-refractivity contribution in [3.05, 3.63) is 137 Å². The number of para-hydroxylation sites is 1.